The molecule has 1 aromatic rings. The van der Waals surface area contributed by atoms with Gasteiger partial charge in [0.2, 0.25) is 10.0 Å². The second-order valence-electron chi connectivity index (χ2n) is 7.55. The van der Waals surface area contributed by atoms with E-state index in [0.29, 0.717) is 37.6 Å². The zero-order valence-electron chi connectivity index (χ0n) is 16.8. The molecule has 1 heterocycles. The molecule has 2 fully saturated rings. The van der Waals surface area contributed by atoms with E-state index in [1.165, 1.54) is 17.3 Å². The van der Waals surface area contributed by atoms with Crippen molar-refractivity contribution in [3.05, 3.63) is 23.8 Å². The van der Waals surface area contributed by atoms with Gasteiger partial charge in [-0.25, -0.2) is 8.42 Å². The van der Waals surface area contributed by atoms with Gasteiger partial charge in [0, 0.05) is 18.8 Å². The number of benzene rings is 1. The summed E-state index contributed by atoms with van der Waals surface area (Å²) in [5.74, 6) is -0.963. The van der Waals surface area contributed by atoms with Crippen LogP contribution in [-0.4, -0.2) is 57.0 Å². The summed E-state index contributed by atoms with van der Waals surface area (Å²) in [6.45, 7) is 4.54. The van der Waals surface area contributed by atoms with E-state index >= 15 is 0 Å². The summed E-state index contributed by atoms with van der Waals surface area (Å²) in [7, 11) is -3.68. The molecule has 1 aliphatic carbocycles. The smallest absolute Gasteiger partial charge is 0.309 e. The van der Waals surface area contributed by atoms with Crippen molar-refractivity contribution in [1.82, 2.24) is 4.31 Å². The zero-order valence-corrected chi connectivity index (χ0v) is 17.7. The van der Waals surface area contributed by atoms with Gasteiger partial charge in [0.25, 0.3) is 5.91 Å². The van der Waals surface area contributed by atoms with Crippen LogP contribution in [0.25, 0.3) is 0 Å². The Morgan fingerprint density at radius 2 is 1.86 bits per heavy atom. The number of morpholine rings is 1. The van der Waals surface area contributed by atoms with Crippen LogP contribution >= 0.6 is 0 Å². The summed E-state index contributed by atoms with van der Waals surface area (Å²) in [5.41, 5.74) is 0.936. The summed E-state index contributed by atoms with van der Waals surface area (Å²) in [6, 6.07) is 4.73. The quantitative estimate of drug-likeness (QED) is 0.702. The number of hydrogen-bond acceptors (Lipinski definition) is 6. The Morgan fingerprint density at radius 1 is 1.21 bits per heavy atom. The van der Waals surface area contributed by atoms with Crippen molar-refractivity contribution < 1.29 is 27.5 Å². The third-order valence-corrected chi connectivity index (χ3v) is 7.43. The lowest BCUT2D eigenvalue weighted by atomic mass is 10.1. The number of sulfonamides is 1. The number of rotatable bonds is 6. The predicted molar refractivity (Wildman–Crippen MR) is 107 cm³/mol. The summed E-state index contributed by atoms with van der Waals surface area (Å²) in [4.78, 5) is 24.7. The molecule has 160 valence electrons. The maximum absolute atomic E-state index is 13.0. The largest absolute Gasteiger partial charge is 0.452 e. The topological polar surface area (TPSA) is 102 Å². The monoisotopic (exact) mass is 424 g/mol. The molecule has 0 radical (unpaired) electrons. The number of nitrogens with zero attached hydrogens (tertiary/aromatic N) is 1. The standard InChI is InChI=1S/C20H28N2O6S/c1-14-7-8-17(13-18(14)29(25,26)22-9-11-27-12-10-22)21-19(23)15(2)28-20(24)16-5-3-4-6-16/h7-8,13,15-16H,3-6,9-12H2,1-2H3,(H,21,23)/t15-/m1/s1. The Kier molecular flexibility index (Phi) is 6.92. The number of aryl methyl sites for hydroxylation is 1. The van der Waals surface area contributed by atoms with E-state index in [9.17, 15) is 18.0 Å². The van der Waals surface area contributed by atoms with Gasteiger partial charge in [-0.3, -0.25) is 9.59 Å². The third kappa shape index (κ3) is 5.15. The Labute approximate surface area is 171 Å². The van der Waals surface area contributed by atoms with Crippen molar-refractivity contribution in [2.75, 3.05) is 31.6 Å². The van der Waals surface area contributed by atoms with Gasteiger partial charge in [0.1, 0.15) is 0 Å². The van der Waals surface area contributed by atoms with Crippen molar-refractivity contribution in [2.24, 2.45) is 5.92 Å². The van der Waals surface area contributed by atoms with Crippen molar-refractivity contribution in [2.45, 2.75) is 50.5 Å². The summed E-state index contributed by atoms with van der Waals surface area (Å²) in [6.07, 6.45) is 2.65. The second-order valence-corrected chi connectivity index (χ2v) is 9.45. The van der Waals surface area contributed by atoms with Crippen molar-refractivity contribution in [3.8, 4) is 0 Å². The van der Waals surface area contributed by atoms with Gasteiger partial charge in [-0.1, -0.05) is 18.9 Å². The highest BCUT2D eigenvalue weighted by Gasteiger charge is 2.29. The van der Waals surface area contributed by atoms with E-state index in [1.54, 1.807) is 19.1 Å². The molecule has 1 saturated carbocycles. The van der Waals surface area contributed by atoms with E-state index in [0.717, 1.165) is 25.7 Å². The van der Waals surface area contributed by atoms with Crippen LogP contribution < -0.4 is 5.32 Å². The minimum atomic E-state index is -3.68. The van der Waals surface area contributed by atoms with Crippen LogP contribution in [0.2, 0.25) is 0 Å². The number of ether oxygens (including phenoxy) is 2. The van der Waals surface area contributed by atoms with Gasteiger partial charge in [-0.05, 0) is 44.4 Å². The van der Waals surface area contributed by atoms with Gasteiger partial charge in [0.15, 0.2) is 6.10 Å². The van der Waals surface area contributed by atoms with Crippen LogP contribution in [0.15, 0.2) is 23.1 Å². The number of carbonyl (C=O) groups is 2. The van der Waals surface area contributed by atoms with Gasteiger partial charge < -0.3 is 14.8 Å². The zero-order chi connectivity index (χ0) is 21.0. The lowest BCUT2D eigenvalue weighted by Crippen LogP contribution is -2.40. The van der Waals surface area contributed by atoms with E-state index in [2.05, 4.69) is 5.32 Å². The number of carbonyl (C=O) groups excluding carboxylic acids is 2. The molecule has 1 saturated heterocycles. The SMILES string of the molecule is Cc1ccc(NC(=O)[C@@H](C)OC(=O)C2CCCC2)cc1S(=O)(=O)N1CCOCC1. The Morgan fingerprint density at radius 3 is 2.52 bits per heavy atom. The molecule has 0 aromatic heterocycles. The fourth-order valence-corrected chi connectivity index (χ4v) is 5.27. The van der Waals surface area contributed by atoms with Crippen molar-refractivity contribution >= 4 is 27.6 Å². The number of amides is 1. The highest BCUT2D eigenvalue weighted by Crippen LogP contribution is 2.27. The van der Waals surface area contributed by atoms with Gasteiger partial charge in [0.05, 0.1) is 24.0 Å². The van der Waals surface area contributed by atoms with Crippen molar-refractivity contribution in [3.63, 3.8) is 0 Å². The lowest BCUT2D eigenvalue weighted by Gasteiger charge is -2.27. The van der Waals surface area contributed by atoms with E-state index in [4.69, 9.17) is 9.47 Å². The molecule has 29 heavy (non-hydrogen) atoms. The molecule has 1 aromatic carbocycles. The third-order valence-electron chi connectivity index (χ3n) is 5.39. The van der Waals surface area contributed by atoms with Gasteiger partial charge in [-0.15, -0.1) is 0 Å². The highest BCUT2D eigenvalue weighted by atomic mass is 32.2. The highest BCUT2D eigenvalue weighted by molar-refractivity contribution is 7.89. The average molecular weight is 425 g/mol. The molecular weight excluding hydrogens is 396 g/mol. The van der Waals surface area contributed by atoms with Crippen LogP contribution in [0.5, 0.6) is 0 Å². The number of nitrogens with one attached hydrogen (secondary N) is 1. The summed E-state index contributed by atoms with van der Waals surface area (Å²) >= 11 is 0. The second kappa shape index (κ2) is 9.23. The van der Waals surface area contributed by atoms with Crippen LogP contribution in [0.4, 0.5) is 5.69 Å². The Hall–Kier alpha value is -1.97. The van der Waals surface area contributed by atoms with Gasteiger partial charge in [-0.2, -0.15) is 4.31 Å². The molecule has 0 bridgehead atoms. The molecule has 1 amide bonds. The van der Waals surface area contributed by atoms with E-state index < -0.39 is 22.0 Å². The fourth-order valence-electron chi connectivity index (χ4n) is 3.61. The van der Waals surface area contributed by atoms with Crippen LogP contribution in [0.1, 0.15) is 38.2 Å². The molecule has 1 aliphatic heterocycles. The first kappa shape index (κ1) is 21.7. The van der Waals surface area contributed by atoms with Crippen LogP contribution in [-0.2, 0) is 29.1 Å². The molecular formula is C20H28N2O6S. The number of anilines is 1. The summed E-state index contributed by atoms with van der Waals surface area (Å²) in [5, 5.41) is 2.66. The average Bonchev–Trinajstić information content (AvgIpc) is 3.25. The molecule has 9 heteroatoms. The van der Waals surface area contributed by atoms with E-state index in [1.807, 2.05) is 0 Å². The first-order chi connectivity index (χ1) is 13.8. The first-order valence-electron chi connectivity index (χ1n) is 9.99. The summed E-state index contributed by atoms with van der Waals surface area (Å²) < 4.78 is 37.8. The van der Waals surface area contributed by atoms with Crippen LogP contribution in [0, 0.1) is 12.8 Å². The fraction of sp³-hybridized carbons (Fsp3) is 0.600. The molecule has 1 atom stereocenters. The number of hydrogen-bond donors (Lipinski definition) is 1. The Bertz CT molecular complexity index is 858. The first-order valence-corrected chi connectivity index (χ1v) is 11.4. The van der Waals surface area contributed by atoms with E-state index in [-0.39, 0.29) is 16.8 Å². The molecule has 2 aliphatic rings. The lowest BCUT2D eigenvalue weighted by molar-refractivity contribution is -0.157. The Balaban J connectivity index is 1.68. The molecule has 8 nitrogen and oxygen atoms in total. The molecule has 3 rings (SSSR count). The maximum Gasteiger partial charge on any atom is 0.309 e. The minimum Gasteiger partial charge on any atom is -0.452 e. The predicted octanol–water partition coefficient (Wildman–Crippen LogP) is 2.08. The van der Waals surface area contributed by atoms with Crippen molar-refractivity contribution in [1.29, 1.82) is 0 Å². The van der Waals surface area contributed by atoms with Gasteiger partial charge >= 0.3 is 5.97 Å². The molecule has 1 N–H and O–H groups in total. The normalized spacial score (nSPS) is 19.7. The number of esters is 1. The molecule has 0 unspecified atom stereocenters. The maximum atomic E-state index is 13.0. The minimum absolute atomic E-state index is 0.130. The molecule has 0 spiro atoms. The van der Waals surface area contributed by atoms with Crippen LogP contribution in [0.3, 0.4) is 0 Å².